The van der Waals surface area contributed by atoms with Gasteiger partial charge in [0.2, 0.25) is 8.38 Å². The van der Waals surface area contributed by atoms with E-state index in [4.69, 9.17) is 9.79 Å². The molecule has 3 N–H and O–H groups in total. The zero-order valence-electron chi connectivity index (χ0n) is 9.42. The molecule has 0 saturated heterocycles. The predicted molar refractivity (Wildman–Crippen MR) is 70.4 cm³/mol. The second-order valence-corrected chi connectivity index (χ2v) is 5.82. The number of carbonyl (C=O) groups is 1. The Morgan fingerprint density at radius 1 is 1.44 bits per heavy atom. The summed E-state index contributed by atoms with van der Waals surface area (Å²) in [4.78, 5) is 29.7. The van der Waals surface area contributed by atoms with Crippen LogP contribution >= 0.6 is 19.7 Å². The van der Waals surface area contributed by atoms with Crippen molar-refractivity contribution in [1.82, 2.24) is 5.32 Å². The van der Waals surface area contributed by atoms with Gasteiger partial charge in [0.25, 0.3) is 5.91 Å². The molecule has 7 heteroatoms. The number of benzene rings is 1. The standard InChI is InChI=1S/C11H11FNO3PS/c1-13-11(14)9-5-7-4-6(10(12)17(15)16)2-3-8(7)18-9/h2-5,10,15-16H,1H3,(H,13,14). The van der Waals surface area contributed by atoms with E-state index in [0.29, 0.717) is 4.88 Å². The molecule has 0 aliphatic rings. The average Bonchev–Trinajstić information content (AvgIpc) is 2.79. The minimum absolute atomic E-state index is 0.193. The molecule has 0 bridgehead atoms. The van der Waals surface area contributed by atoms with Gasteiger partial charge in [0.1, 0.15) is 0 Å². The van der Waals surface area contributed by atoms with Crippen LogP contribution in [0.25, 0.3) is 10.1 Å². The maximum Gasteiger partial charge on any atom is 0.261 e. The van der Waals surface area contributed by atoms with E-state index in [1.54, 1.807) is 19.2 Å². The van der Waals surface area contributed by atoms with Crippen LogP contribution in [0, 0.1) is 0 Å². The first-order valence-corrected chi connectivity index (χ1v) is 7.23. The fraction of sp³-hybridized carbons (Fsp3) is 0.182. The van der Waals surface area contributed by atoms with Gasteiger partial charge in [-0.15, -0.1) is 11.3 Å². The SMILES string of the molecule is CNC(=O)c1cc2cc(C(F)P(O)O)ccc2s1. The van der Waals surface area contributed by atoms with Gasteiger partial charge in [0.05, 0.1) is 4.88 Å². The van der Waals surface area contributed by atoms with Crippen molar-refractivity contribution >= 4 is 35.7 Å². The zero-order chi connectivity index (χ0) is 13.3. The van der Waals surface area contributed by atoms with E-state index in [9.17, 15) is 9.18 Å². The number of hydrogen-bond acceptors (Lipinski definition) is 4. The number of rotatable bonds is 3. The summed E-state index contributed by atoms with van der Waals surface area (Å²) < 4.78 is 14.3. The highest BCUT2D eigenvalue weighted by Crippen LogP contribution is 2.45. The first-order valence-electron chi connectivity index (χ1n) is 5.09. The summed E-state index contributed by atoms with van der Waals surface area (Å²) in [6.45, 7) is 0. The van der Waals surface area contributed by atoms with Crippen LogP contribution in [0.3, 0.4) is 0 Å². The van der Waals surface area contributed by atoms with E-state index in [1.165, 1.54) is 23.5 Å². The predicted octanol–water partition coefficient (Wildman–Crippen LogP) is 2.53. The molecule has 0 saturated carbocycles. The van der Waals surface area contributed by atoms with Gasteiger partial charge >= 0.3 is 0 Å². The maximum atomic E-state index is 13.5. The van der Waals surface area contributed by atoms with Crippen molar-refractivity contribution in [3.8, 4) is 0 Å². The topological polar surface area (TPSA) is 69.6 Å². The van der Waals surface area contributed by atoms with Crippen LogP contribution in [-0.2, 0) is 0 Å². The molecule has 1 unspecified atom stereocenters. The summed E-state index contributed by atoms with van der Waals surface area (Å²) in [5.74, 6) is -1.98. The highest BCUT2D eigenvalue weighted by Gasteiger charge is 2.19. The largest absolute Gasteiger partial charge is 0.354 e. The highest BCUT2D eigenvalue weighted by atomic mass is 32.1. The van der Waals surface area contributed by atoms with E-state index in [2.05, 4.69) is 5.32 Å². The van der Waals surface area contributed by atoms with Crippen LogP contribution in [0.4, 0.5) is 4.39 Å². The summed E-state index contributed by atoms with van der Waals surface area (Å²) in [5, 5.41) is 3.24. The average molecular weight is 287 g/mol. The fourth-order valence-electron chi connectivity index (χ4n) is 1.58. The lowest BCUT2D eigenvalue weighted by Gasteiger charge is -2.08. The van der Waals surface area contributed by atoms with Crippen LogP contribution in [0.1, 0.15) is 21.1 Å². The van der Waals surface area contributed by atoms with Gasteiger partial charge in [-0.3, -0.25) is 4.79 Å². The van der Waals surface area contributed by atoms with Gasteiger partial charge < -0.3 is 15.1 Å². The molecule has 1 atom stereocenters. The molecule has 1 heterocycles. The molecule has 1 aromatic carbocycles. The quantitative estimate of drug-likeness (QED) is 0.760. The lowest BCUT2D eigenvalue weighted by Crippen LogP contribution is -2.15. The third-order valence-electron chi connectivity index (χ3n) is 2.47. The van der Waals surface area contributed by atoms with Crippen LogP contribution in [-0.4, -0.2) is 22.7 Å². The Labute approximate surface area is 108 Å². The Hall–Kier alpha value is -1.07. The van der Waals surface area contributed by atoms with Gasteiger partial charge in [0.15, 0.2) is 5.91 Å². The van der Waals surface area contributed by atoms with Crippen molar-refractivity contribution in [3.63, 3.8) is 0 Å². The highest BCUT2D eigenvalue weighted by molar-refractivity contribution is 7.45. The molecule has 0 aliphatic heterocycles. The Morgan fingerprint density at radius 2 is 2.17 bits per heavy atom. The number of hydrogen-bond donors (Lipinski definition) is 3. The van der Waals surface area contributed by atoms with E-state index in [0.717, 1.165) is 10.1 Å². The van der Waals surface area contributed by atoms with Gasteiger partial charge in [-0.05, 0) is 29.1 Å². The molecule has 4 nitrogen and oxygen atoms in total. The second-order valence-electron chi connectivity index (χ2n) is 3.64. The number of carbonyl (C=O) groups excluding carboxylic acids is 1. The van der Waals surface area contributed by atoms with E-state index in [1.807, 2.05) is 0 Å². The summed E-state index contributed by atoms with van der Waals surface area (Å²) >= 11 is 1.30. The van der Waals surface area contributed by atoms with Crippen LogP contribution in [0.5, 0.6) is 0 Å². The Balaban J connectivity index is 2.42. The second kappa shape index (κ2) is 5.28. The number of amides is 1. The third-order valence-corrected chi connectivity index (χ3v) is 4.29. The minimum Gasteiger partial charge on any atom is -0.354 e. The monoisotopic (exact) mass is 287 g/mol. The fourth-order valence-corrected chi connectivity index (χ4v) is 3.00. The van der Waals surface area contributed by atoms with Crippen molar-refractivity contribution in [1.29, 1.82) is 0 Å². The smallest absolute Gasteiger partial charge is 0.261 e. The normalized spacial score (nSPS) is 12.9. The molecule has 0 spiro atoms. The summed E-state index contributed by atoms with van der Waals surface area (Å²) in [7, 11) is -1.10. The van der Waals surface area contributed by atoms with E-state index >= 15 is 0 Å². The molecular formula is C11H11FNO3PS. The van der Waals surface area contributed by atoms with Crippen LogP contribution in [0.15, 0.2) is 24.3 Å². The number of alkyl halides is 1. The molecule has 0 aliphatic carbocycles. The van der Waals surface area contributed by atoms with Gasteiger partial charge in [0, 0.05) is 11.7 Å². The summed E-state index contributed by atoms with van der Waals surface area (Å²) in [6, 6.07) is 6.36. The number of halogens is 1. The first kappa shape index (κ1) is 13.4. The van der Waals surface area contributed by atoms with Gasteiger partial charge in [-0.1, -0.05) is 6.07 Å². The Morgan fingerprint density at radius 3 is 2.78 bits per heavy atom. The van der Waals surface area contributed by atoms with Crippen molar-refractivity contribution in [2.24, 2.45) is 0 Å². The van der Waals surface area contributed by atoms with Crippen molar-refractivity contribution < 1.29 is 19.0 Å². The maximum absolute atomic E-state index is 13.5. The van der Waals surface area contributed by atoms with Gasteiger partial charge in [-0.2, -0.15) is 0 Å². The lowest BCUT2D eigenvalue weighted by molar-refractivity contribution is 0.0967. The molecule has 2 aromatic rings. The van der Waals surface area contributed by atoms with E-state index < -0.39 is 14.3 Å². The molecule has 18 heavy (non-hydrogen) atoms. The Bertz CT molecular complexity index is 587. The van der Waals surface area contributed by atoms with Gasteiger partial charge in [-0.25, -0.2) is 4.39 Å². The molecule has 2 rings (SSSR count). The number of thiophene rings is 1. The zero-order valence-corrected chi connectivity index (χ0v) is 11.1. The first-order chi connectivity index (χ1) is 8.52. The summed E-state index contributed by atoms with van der Waals surface area (Å²) in [6.07, 6.45) is 0. The van der Waals surface area contributed by atoms with E-state index in [-0.39, 0.29) is 11.5 Å². The minimum atomic E-state index is -2.64. The molecule has 1 amide bonds. The van der Waals surface area contributed by atoms with Crippen molar-refractivity contribution in [2.45, 2.75) is 5.91 Å². The van der Waals surface area contributed by atoms with Crippen molar-refractivity contribution in [3.05, 3.63) is 34.7 Å². The summed E-state index contributed by atoms with van der Waals surface area (Å²) in [5.41, 5.74) is 0.208. The molecule has 1 aromatic heterocycles. The molecule has 96 valence electrons. The Kier molecular flexibility index (Phi) is 3.92. The lowest BCUT2D eigenvalue weighted by atomic mass is 10.2. The molecular weight excluding hydrogens is 276 g/mol. The third kappa shape index (κ3) is 2.52. The number of fused-ring (bicyclic) bond motifs is 1. The molecule has 0 fully saturated rings. The molecule has 0 radical (unpaired) electrons. The number of nitrogens with one attached hydrogen (secondary N) is 1. The van der Waals surface area contributed by atoms with Crippen molar-refractivity contribution in [2.75, 3.05) is 7.05 Å². The van der Waals surface area contributed by atoms with Crippen LogP contribution < -0.4 is 5.32 Å². The van der Waals surface area contributed by atoms with Crippen LogP contribution in [0.2, 0.25) is 0 Å².